The molecule has 3 aromatic rings. The van der Waals surface area contributed by atoms with E-state index in [-0.39, 0.29) is 18.1 Å². The summed E-state index contributed by atoms with van der Waals surface area (Å²) >= 11 is 0. The maximum atomic E-state index is 12.1. The van der Waals surface area contributed by atoms with E-state index in [0.717, 1.165) is 0 Å². The van der Waals surface area contributed by atoms with E-state index >= 15 is 0 Å². The third-order valence-corrected chi connectivity index (χ3v) is 3.91. The van der Waals surface area contributed by atoms with Gasteiger partial charge in [0.1, 0.15) is 12.4 Å². The van der Waals surface area contributed by atoms with Crippen molar-refractivity contribution in [2.24, 2.45) is 0 Å². The zero-order valence-corrected chi connectivity index (χ0v) is 14.8. The largest absolute Gasteiger partial charge is 0.465 e. The van der Waals surface area contributed by atoms with E-state index in [1.807, 2.05) is 0 Å². The van der Waals surface area contributed by atoms with Crippen LogP contribution in [0.2, 0.25) is 0 Å². The van der Waals surface area contributed by atoms with Crippen LogP contribution in [0.3, 0.4) is 0 Å². The number of carbonyl (C=O) groups excluding carboxylic acids is 2. The molecule has 0 aliphatic carbocycles. The summed E-state index contributed by atoms with van der Waals surface area (Å²) in [6.07, 6.45) is 0. The van der Waals surface area contributed by atoms with Gasteiger partial charge >= 0.3 is 11.9 Å². The van der Waals surface area contributed by atoms with E-state index in [9.17, 15) is 19.7 Å². The van der Waals surface area contributed by atoms with Gasteiger partial charge in [-0.3, -0.25) is 10.1 Å². The first kappa shape index (κ1) is 18.8. The number of non-ortho nitro benzene ring substituents is 1. The summed E-state index contributed by atoms with van der Waals surface area (Å²) in [5, 5.41) is 10.7. The number of ether oxygens (including phenoxy) is 2. The smallest absolute Gasteiger partial charge is 0.374 e. The highest BCUT2D eigenvalue weighted by molar-refractivity contribution is 5.89. The fourth-order valence-corrected chi connectivity index (χ4v) is 2.43. The Bertz CT molecular complexity index is 1000. The van der Waals surface area contributed by atoms with Crippen LogP contribution in [0.25, 0.3) is 11.3 Å². The van der Waals surface area contributed by atoms with Crippen molar-refractivity contribution in [3.05, 3.63) is 87.7 Å². The molecule has 0 N–H and O–H groups in total. The highest BCUT2D eigenvalue weighted by atomic mass is 16.6. The molecule has 2 aromatic carbocycles. The van der Waals surface area contributed by atoms with Gasteiger partial charge in [-0.15, -0.1) is 0 Å². The Morgan fingerprint density at radius 2 is 1.64 bits per heavy atom. The quantitative estimate of drug-likeness (QED) is 0.361. The zero-order valence-electron chi connectivity index (χ0n) is 14.8. The molecule has 1 heterocycles. The van der Waals surface area contributed by atoms with Crippen LogP contribution in [0.15, 0.2) is 65.1 Å². The summed E-state index contributed by atoms with van der Waals surface area (Å²) in [6.45, 7) is 0.00779. The van der Waals surface area contributed by atoms with Crippen LogP contribution in [0.5, 0.6) is 0 Å². The second kappa shape index (κ2) is 8.17. The number of nitro benzene ring substituents is 1. The number of benzene rings is 2. The Balaban J connectivity index is 1.62. The number of methoxy groups -OCH3 is 1. The molecule has 0 radical (unpaired) electrons. The van der Waals surface area contributed by atoms with Crippen molar-refractivity contribution in [1.29, 1.82) is 0 Å². The Kier molecular flexibility index (Phi) is 5.50. The number of hydrogen-bond acceptors (Lipinski definition) is 7. The second-order valence-corrected chi connectivity index (χ2v) is 5.73. The Morgan fingerprint density at radius 3 is 2.25 bits per heavy atom. The molecule has 0 saturated carbocycles. The van der Waals surface area contributed by atoms with Gasteiger partial charge in [-0.1, -0.05) is 12.1 Å². The summed E-state index contributed by atoms with van der Waals surface area (Å²) in [6, 6.07) is 15.3. The van der Waals surface area contributed by atoms with Gasteiger partial charge in [0.05, 0.1) is 17.6 Å². The maximum Gasteiger partial charge on any atom is 0.374 e. The predicted octanol–water partition coefficient (Wildman–Crippen LogP) is 4.00. The number of hydrogen-bond donors (Lipinski definition) is 0. The molecule has 142 valence electrons. The molecule has 28 heavy (non-hydrogen) atoms. The van der Waals surface area contributed by atoms with Crippen molar-refractivity contribution in [3.63, 3.8) is 0 Å². The van der Waals surface area contributed by atoms with Crippen LogP contribution in [-0.4, -0.2) is 24.0 Å². The van der Waals surface area contributed by atoms with Crippen LogP contribution >= 0.6 is 0 Å². The summed E-state index contributed by atoms with van der Waals surface area (Å²) in [4.78, 5) is 33.7. The Hall–Kier alpha value is -3.94. The molecular formula is C20H15NO7. The Labute approximate surface area is 159 Å². The lowest BCUT2D eigenvalue weighted by molar-refractivity contribution is -0.384. The molecule has 0 fully saturated rings. The molecular weight excluding hydrogens is 366 g/mol. The molecule has 3 rings (SSSR count). The average Bonchev–Trinajstić information content (AvgIpc) is 3.22. The summed E-state index contributed by atoms with van der Waals surface area (Å²) in [7, 11) is 1.30. The molecule has 0 aliphatic rings. The van der Waals surface area contributed by atoms with E-state index in [2.05, 4.69) is 4.74 Å². The zero-order chi connectivity index (χ0) is 20.1. The minimum atomic E-state index is -0.648. The third-order valence-electron chi connectivity index (χ3n) is 3.91. The Morgan fingerprint density at radius 1 is 0.964 bits per heavy atom. The molecule has 0 saturated heterocycles. The van der Waals surface area contributed by atoms with Crippen molar-refractivity contribution in [1.82, 2.24) is 0 Å². The van der Waals surface area contributed by atoms with Crippen LogP contribution in [0.1, 0.15) is 26.5 Å². The van der Waals surface area contributed by atoms with E-state index in [1.54, 1.807) is 30.3 Å². The van der Waals surface area contributed by atoms with Crippen molar-refractivity contribution >= 4 is 17.6 Å². The van der Waals surface area contributed by atoms with E-state index in [0.29, 0.717) is 22.5 Å². The fourth-order valence-electron chi connectivity index (χ4n) is 2.43. The topological polar surface area (TPSA) is 109 Å². The van der Waals surface area contributed by atoms with Gasteiger partial charge in [0.15, 0.2) is 0 Å². The van der Waals surface area contributed by atoms with Crippen LogP contribution in [0.4, 0.5) is 5.69 Å². The van der Waals surface area contributed by atoms with Crippen molar-refractivity contribution in [2.75, 3.05) is 7.11 Å². The highest BCUT2D eigenvalue weighted by Gasteiger charge is 2.15. The van der Waals surface area contributed by atoms with Gasteiger partial charge in [0.25, 0.3) is 5.69 Å². The number of nitrogens with zero attached hydrogens (tertiary/aromatic N) is 1. The molecule has 1 aromatic heterocycles. The number of carbonyl (C=O) groups is 2. The monoisotopic (exact) mass is 381 g/mol. The van der Waals surface area contributed by atoms with Crippen molar-refractivity contribution < 1.29 is 28.4 Å². The van der Waals surface area contributed by atoms with Crippen LogP contribution in [0, 0.1) is 10.1 Å². The van der Waals surface area contributed by atoms with Gasteiger partial charge < -0.3 is 13.9 Å². The minimum Gasteiger partial charge on any atom is -0.465 e. The summed E-state index contributed by atoms with van der Waals surface area (Å²) < 4.78 is 15.3. The van der Waals surface area contributed by atoms with Gasteiger partial charge in [0, 0.05) is 17.7 Å². The molecule has 0 aliphatic heterocycles. The van der Waals surface area contributed by atoms with E-state index in [1.165, 1.54) is 37.4 Å². The lowest BCUT2D eigenvalue weighted by Crippen LogP contribution is -2.05. The van der Waals surface area contributed by atoms with Crippen LogP contribution < -0.4 is 0 Å². The van der Waals surface area contributed by atoms with Gasteiger partial charge in [0.2, 0.25) is 5.76 Å². The molecule has 0 amide bonds. The minimum absolute atomic E-state index is 0.00779. The van der Waals surface area contributed by atoms with Crippen molar-refractivity contribution in [3.8, 4) is 11.3 Å². The van der Waals surface area contributed by atoms with E-state index in [4.69, 9.17) is 9.15 Å². The summed E-state index contributed by atoms with van der Waals surface area (Å²) in [5.41, 5.74) is 1.66. The molecule has 8 heteroatoms. The number of esters is 2. The maximum absolute atomic E-state index is 12.1. The fraction of sp³-hybridized carbons (Fsp3) is 0.100. The normalized spacial score (nSPS) is 10.3. The van der Waals surface area contributed by atoms with Crippen LogP contribution in [-0.2, 0) is 16.1 Å². The molecule has 0 atom stereocenters. The lowest BCUT2D eigenvalue weighted by Gasteiger charge is -2.04. The van der Waals surface area contributed by atoms with Crippen molar-refractivity contribution in [2.45, 2.75) is 6.61 Å². The summed E-state index contributed by atoms with van der Waals surface area (Å²) in [5.74, 6) is -0.688. The SMILES string of the molecule is COC(=O)c1ccc(COC(=O)c2ccc(-c3ccc([N+](=O)[O-])cc3)o2)cc1. The van der Waals surface area contributed by atoms with Gasteiger partial charge in [-0.05, 0) is 42.0 Å². The molecule has 0 unspecified atom stereocenters. The first-order chi connectivity index (χ1) is 13.5. The second-order valence-electron chi connectivity index (χ2n) is 5.73. The first-order valence-electron chi connectivity index (χ1n) is 8.17. The van der Waals surface area contributed by atoms with Gasteiger partial charge in [-0.2, -0.15) is 0 Å². The number of rotatable bonds is 6. The van der Waals surface area contributed by atoms with Gasteiger partial charge in [-0.25, -0.2) is 9.59 Å². The average molecular weight is 381 g/mol. The standard InChI is InChI=1S/C20H15NO7/c1-26-19(22)15-4-2-13(3-5-15)12-27-20(23)18-11-10-17(28-18)14-6-8-16(9-7-14)21(24)25/h2-11H,12H2,1H3. The van der Waals surface area contributed by atoms with E-state index < -0.39 is 16.9 Å². The lowest BCUT2D eigenvalue weighted by atomic mass is 10.1. The first-order valence-corrected chi connectivity index (χ1v) is 8.17. The molecule has 8 nitrogen and oxygen atoms in total. The molecule has 0 spiro atoms. The number of furan rings is 1. The predicted molar refractivity (Wildman–Crippen MR) is 97.7 cm³/mol. The molecule has 0 bridgehead atoms. The highest BCUT2D eigenvalue weighted by Crippen LogP contribution is 2.25. The third kappa shape index (κ3) is 4.24. The number of nitro groups is 1.